The Bertz CT molecular complexity index is 797. The van der Waals surface area contributed by atoms with Crippen LogP contribution >= 0.6 is 0 Å². The molecule has 30 heavy (non-hydrogen) atoms. The molecule has 7 nitrogen and oxygen atoms in total. The largest absolute Gasteiger partial charge is 0.495 e. The van der Waals surface area contributed by atoms with Crippen LogP contribution in [-0.4, -0.2) is 63.4 Å². The molecule has 0 radical (unpaired) electrons. The van der Waals surface area contributed by atoms with Gasteiger partial charge in [-0.3, -0.25) is 4.79 Å². The Morgan fingerprint density at radius 2 is 1.50 bits per heavy atom. The highest BCUT2D eigenvalue weighted by molar-refractivity contribution is 7.89. The molecule has 2 aliphatic rings. The lowest BCUT2D eigenvalue weighted by molar-refractivity contribution is -0.129. The Balaban J connectivity index is 1.71. The fraction of sp³-hybridized carbons (Fsp3) is 0.682. The highest BCUT2D eigenvalue weighted by Crippen LogP contribution is 2.29. The molecule has 2 aliphatic heterocycles. The van der Waals surface area contributed by atoms with Crippen molar-refractivity contribution in [3.8, 4) is 5.75 Å². The summed E-state index contributed by atoms with van der Waals surface area (Å²) in [6.45, 7) is 2.83. The summed E-state index contributed by atoms with van der Waals surface area (Å²) >= 11 is 0. The van der Waals surface area contributed by atoms with Crippen molar-refractivity contribution in [3.63, 3.8) is 0 Å². The Morgan fingerprint density at radius 1 is 0.933 bits per heavy atom. The highest BCUT2D eigenvalue weighted by Gasteiger charge is 2.26. The molecule has 0 atom stereocenters. The maximum absolute atomic E-state index is 13.1. The summed E-state index contributed by atoms with van der Waals surface area (Å²) in [5.41, 5.74) is 0.536. The molecule has 0 spiro atoms. The maximum atomic E-state index is 13.1. The van der Waals surface area contributed by atoms with E-state index in [9.17, 15) is 13.2 Å². The van der Waals surface area contributed by atoms with Crippen LogP contribution in [0.3, 0.4) is 0 Å². The third kappa shape index (κ3) is 5.88. The lowest BCUT2D eigenvalue weighted by atomic mass is 10.1. The summed E-state index contributed by atoms with van der Waals surface area (Å²) < 4.78 is 33.2. The molecule has 1 N–H and O–H groups in total. The zero-order valence-corrected chi connectivity index (χ0v) is 18.9. The molecule has 0 saturated carbocycles. The van der Waals surface area contributed by atoms with Crippen LogP contribution in [0.2, 0.25) is 0 Å². The first-order valence-corrected chi connectivity index (χ1v) is 12.7. The molecule has 1 aromatic rings. The van der Waals surface area contributed by atoms with Crippen LogP contribution < -0.4 is 10.1 Å². The molecule has 2 fully saturated rings. The third-order valence-electron chi connectivity index (χ3n) is 6.01. The Labute approximate surface area is 180 Å². The SMILES string of the molecule is COc1ccc(S(=O)(=O)N2CCCCCC2)cc1NCC(=O)N1CCCCCCC1. The molecule has 168 valence electrons. The number of hydrogen-bond donors (Lipinski definition) is 1. The predicted molar refractivity (Wildman–Crippen MR) is 118 cm³/mol. The zero-order chi connectivity index (χ0) is 21.4. The van der Waals surface area contributed by atoms with E-state index in [4.69, 9.17) is 4.74 Å². The van der Waals surface area contributed by atoms with Gasteiger partial charge in [0.25, 0.3) is 0 Å². The van der Waals surface area contributed by atoms with Crippen molar-refractivity contribution in [2.75, 3.05) is 45.2 Å². The first-order chi connectivity index (χ1) is 14.5. The van der Waals surface area contributed by atoms with Gasteiger partial charge in [-0.1, -0.05) is 32.1 Å². The van der Waals surface area contributed by atoms with Crippen LogP contribution in [0.1, 0.15) is 57.8 Å². The van der Waals surface area contributed by atoms with Crippen molar-refractivity contribution >= 4 is 21.6 Å². The second kappa shape index (κ2) is 11.0. The van der Waals surface area contributed by atoms with Crippen LogP contribution in [0, 0.1) is 0 Å². The van der Waals surface area contributed by atoms with Crippen molar-refractivity contribution in [3.05, 3.63) is 18.2 Å². The smallest absolute Gasteiger partial charge is 0.243 e. The number of likely N-dealkylation sites (tertiary alicyclic amines) is 1. The van der Waals surface area contributed by atoms with E-state index >= 15 is 0 Å². The van der Waals surface area contributed by atoms with E-state index in [0.29, 0.717) is 24.5 Å². The molecule has 3 rings (SSSR count). The number of ether oxygens (including phenoxy) is 1. The highest BCUT2D eigenvalue weighted by atomic mass is 32.2. The average molecular weight is 438 g/mol. The standard InChI is InChI=1S/C22H35N3O4S/c1-29-21-12-11-19(30(27,28)25-15-9-5-6-10-16-25)17-20(21)23-18-22(26)24-13-7-3-2-4-8-14-24/h11-12,17,23H,2-10,13-16,18H2,1H3. The number of nitrogens with zero attached hydrogens (tertiary/aromatic N) is 2. The van der Waals surface area contributed by atoms with Gasteiger partial charge in [0.05, 0.1) is 24.2 Å². The molecule has 0 unspecified atom stereocenters. The van der Waals surface area contributed by atoms with Gasteiger partial charge in [0, 0.05) is 26.2 Å². The summed E-state index contributed by atoms with van der Waals surface area (Å²) in [7, 11) is -2.01. The molecular formula is C22H35N3O4S. The lowest BCUT2D eigenvalue weighted by Crippen LogP contribution is -2.37. The number of benzene rings is 1. The lowest BCUT2D eigenvalue weighted by Gasteiger charge is -2.25. The van der Waals surface area contributed by atoms with E-state index in [-0.39, 0.29) is 17.3 Å². The summed E-state index contributed by atoms with van der Waals surface area (Å²) in [4.78, 5) is 14.9. The number of anilines is 1. The van der Waals surface area contributed by atoms with Gasteiger partial charge in [-0.15, -0.1) is 0 Å². The van der Waals surface area contributed by atoms with Gasteiger partial charge in [0.15, 0.2) is 0 Å². The second-order valence-corrected chi connectivity index (χ2v) is 10.1. The van der Waals surface area contributed by atoms with Gasteiger partial charge >= 0.3 is 0 Å². The van der Waals surface area contributed by atoms with Crippen LogP contribution in [0.25, 0.3) is 0 Å². The number of carbonyl (C=O) groups is 1. The quantitative estimate of drug-likeness (QED) is 0.737. The summed E-state index contributed by atoms with van der Waals surface area (Å²) in [6.07, 6.45) is 9.59. The molecule has 2 heterocycles. The molecule has 0 bridgehead atoms. The van der Waals surface area contributed by atoms with E-state index in [2.05, 4.69) is 5.32 Å². The predicted octanol–water partition coefficient (Wildman–Crippen LogP) is 3.46. The normalized spacial score (nSPS) is 19.4. The molecule has 1 aromatic carbocycles. The Hall–Kier alpha value is -1.80. The minimum atomic E-state index is -3.56. The Morgan fingerprint density at radius 3 is 2.10 bits per heavy atom. The van der Waals surface area contributed by atoms with Gasteiger partial charge in [-0.05, 0) is 43.9 Å². The van der Waals surface area contributed by atoms with Crippen molar-refractivity contribution in [2.24, 2.45) is 0 Å². The van der Waals surface area contributed by atoms with Crippen LogP contribution in [0.15, 0.2) is 23.1 Å². The van der Waals surface area contributed by atoms with Gasteiger partial charge in [0.2, 0.25) is 15.9 Å². The molecular weight excluding hydrogens is 402 g/mol. The fourth-order valence-corrected chi connectivity index (χ4v) is 5.74. The summed E-state index contributed by atoms with van der Waals surface area (Å²) in [6, 6.07) is 4.85. The molecule has 8 heteroatoms. The summed E-state index contributed by atoms with van der Waals surface area (Å²) in [5, 5.41) is 3.13. The van der Waals surface area contributed by atoms with E-state index in [1.165, 1.54) is 19.3 Å². The second-order valence-electron chi connectivity index (χ2n) is 8.18. The van der Waals surface area contributed by atoms with Crippen LogP contribution in [-0.2, 0) is 14.8 Å². The van der Waals surface area contributed by atoms with E-state index < -0.39 is 10.0 Å². The minimum Gasteiger partial charge on any atom is -0.495 e. The van der Waals surface area contributed by atoms with E-state index in [1.807, 2.05) is 4.90 Å². The molecule has 0 aliphatic carbocycles. The topological polar surface area (TPSA) is 79.0 Å². The first kappa shape index (κ1) is 22.9. The Kier molecular flexibility index (Phi) is 8.39. The zero-order valence-electron chi connectivity index (χ0n) is 18.1. The number of methoxy groups -OCH3 is 1. The van der Waals surface area contributed by atoms with Crippen molar-refractivity contribution < 1.29 is 17.9 Å². The number of rotatable bonds is 6. The van der Waals surface area contributed by atoms with Crippen molar-refractivity contribution in [2.45, 2.75) is 62.7 Å². The number of sulfonamides is 1. The van der Waals surface area contributed by atoms with Gasteiger partial charge < -0.3 is 15.0 Å². The van der Waals surface area contributed by atoms with E-state index in [0.717, 1.165) is 51.6 Å². The average Bonchev–Trinajstić information content (AvgIpc) is 3.01. The number of nitrogens with one attached hydrogen (secondary N) is 1. The first-order valence-electron chi connectivity index (χ1n) is 11.2. The monoisotopic (exact) mass is 437 g/mol. The maximum Gasteiger partial charge on any atom is 0.243 e. The van der Waals surface area contributed by atoms with Gasteiger partial charge in [-0.25, -0.2) is 8.42 Å². The fourth-order valence-electron chi connectivity index (χ4n) is 4.20. The molecule has 2 saturated heterocycles. The van der Waals surface area contributed by atoms with Crippen LogP contribution in [0.4, 0.5) is 5.69 Å². The van der Waals surface area contributed by atoms with E-state index in [1.54, 1.807) is 29.6 Å². The van der Waals surface area contributed by atoms with Gasteiger partial charge in [-0.2, -0.15) is 4.31 Å². The van der Waals surface area contributed by atoms with Crippen LogP contribution in [0.5, 0.6) is 5.75 Å². The molecule has 1 amide bonds. The summed E-state index contributed by atoms with van der Waals surface area (Å²) in [5.74, 6) is 0.574. The third-order valence-corrected chi connectivity index (χ3v) is 7.91. The number of carbonyl (C=O) groups excluding carboxylic acids is 1. The van der Waals surface area contributed by atoms with Crippen molar-refractivity contribution in [1.29, 1.82) is 0 Å². The van der Waals surface area contributed by atoms with Crippen molar-refractivity contribution in [1.82, 2.24) is 9.21 Å². The minimum absolute atomic E-state index is 0.0414. The number of amides is 1. The molecule has 0 aromatic heterocycles. The van der Waals surface area contributed by atoms with Gasteiger partial charge in [0.1, 0.15) is 5.75 Å². The number of hydrogen-bond acceptors (Lipinski definition) is 5.